The second-order valence-electron chi connectivity index (χ2n) is 8.95. The Morgan fingerprint density at radius 3 is 2.49 bits per heavy atom. The summed E-state index contributed by atoms with van der Waals surface area (Å²) in [6.07, 6.45) is -1.10. The first-order valence-electron chi connectivity index (χ1n) is 11.8. The Hall–Kier alpha value is -3.59. The Bertz CT molecular complexity index is 1430. The first kappa shape index (κ1) is 25.1. The highest BCUT2D eigenvalue weighted by Crippen LogP contribution is 2.33. The molecule has 1 aliphatic rings. The van der Waals surface area contributed by atoms with Gasteiger partial charge in [0.25, 0.3) is 0 Å². The Kier molecular flexibility index (Phi) is 6.81. The van der Waals surface area contributed by atoms with E-state index in [9.17, 15) is 22.4 Å². The van der Waals surface area contributed by atoms with Gasteiger partial charge in [-0.3, -0.25) is 4.79 Å². The second-order valence-corrected chi connectivity index (χ2v) is 9.39. The number of amides is 1. The third kappa shape index (κ3) is 5.27. The summed E-state index contributed by atoms with van der Waals surface area (Å²) in [6, 6.07) is 15.0. The normalized spacial score (nSPS) is 15.3. The van der Waals surface area contributed by atoms with Crippen LogP contribution in [0.25, 0.3) is 5.65 Å². The molecule has 1 saturated heterocycles. The van der Waals surface area contributed by atoms with E-state index in [1.165, 1.54) is 12.1 Å². The largest absolute Gasteiger partial charge is 0.416 e. The lowest BCUT2D eigenvalue weighted by atomic mass is 9.91. The molecule has 1 atom stereocenters. The van der Waals surface area contributed by atoms with Crippen LogP contribution in [0.1, 0.15) is 29.2 Å². The summed E-state index contributed by atoms with van der Waals surface area (Å²) in [7, 11) is 0. The van der Waals surface area contributed by atoms with Gasteiger partial charge in [0.1, 0.15) is 11.5 Å². The number of imidazole rings is 1. The van der Waals surface area contributed by atoms with Gasteiger partial charge in [-0.25, -0.2) is 9.37 Å². The zero-order chi connectivity index (χ0) is 26.2. The highest BCUT2D eigenvalue weighted by Gasteiger charge is 2.32. The van der Waals surface area contributed by atoms with Crippen molar-refractivity contribution in [3.8, 4) is 0 Å². The van der Waals surface area contributed by atoms with Crippen LogP contribution in [0.4, 0.5) is 23.2 Å². The van der Waals surface area contributed by atoms with Crippen LogP contribution in [-0.2, 0) is 11.0 Å². The summed E-state index contributed by atoms with van der Waals surface area (Å²) in [5, 5.41) is 0.482. The Balaban J connectivity index is 1.35. The van der Waals surface area contributed by atoms with Crippen molar-refractivity contribution in [2.24, 2.45) is 0 Å². The molecule has 0 spiro atoms. The van der Waals surface area contributed by atoms with Gasteiger partial charge in [-0.1, -0.05) is 35.9 Å². The molecule has 10 heteroatoms. The minimum Gasteiger partial charge on any atom is -0.368 e. The van der Waals surface area contributed by atoms with Gasteiger partial charge >= 0.3 is 6.18 Å². The number of carbonyl (C=O) groups excluding carboxylic acids is 1. The topological polar surface area (TPSA) is 40.9 Å². The first-order valence-corrected chi connectivity index (χ1v) is 12.2. The molecule has 0 saturated carbocycles. The van der Waals surface area contributed by atoms with Gasteiger partial charge in [-0.2, -0.15) is 13.2 Å². The molecule has 1 aliphatic heterocycles. The second kappa shape index (κ2) is 10.0. The van der Waals surface area contributed by atoms with Crippen LogP contribution in [-0.4, -0.2) is 46.4 Å². The average molecular weight is 531 g/mol. The SMILES string of the molecule is O=C(C[C@H](c1ccccc1F)c1cnc2ccc(Cl)cn12)N1CCN(c2cccc(C(F)(F)F)c2)CC1. The maximum absolute atomic E-state index is 14.9. The number of carbonyl (C=O) groups is 1. The van der Waals surface area contributed by atoms with Crippen molar-refractivity contribution in [3.05, 3.63) is 101 Å². The van der Waals surface area contributed by atoms with E-state index in [0.29, 0.717) is 53.8 Å². The predicted molar refractivity (Wildman–Crippen MR) is 133 cm³/mol. The zero-order valence-electron chi connectivity index (χ0n) is 19.6. The molecular formula is C27H23ClF4N4O. The van der Waals surface area contributed by atoms with Crippen LogP contribution in [0.2, 0.25) is 5.02 Å². The first-order chi connectivity index (χ1) is 17.7. The number of benzene rings is 2. The number of fused-ring (bicyclic) bond motifs is 1. The summed E-state index contributed by atoms with van der Waals surface area (Å²) in [4.78, 5) is 21.3. The van der Waals surface area contributed by atoms with E-state index in [1.807, 2.05) is 4.90 Å². The number of rotatable bonds is 5. The van der Waals surface area contributed by atoms with Crippen molar-refractivity contribution in [3.63, 3.8) is 0 Å². The molecule has 0 radical (unpaired) electrons. The lowest BCUT2D eigenvalue weighted by molar-refractivity contribution is -0.137. The number of nitrogens with zero attached hydrogens (tertiary/aromatic N) is 4. The van der Waals surface area contributed by atoms with Crippen molar-refractivity contribution in [2.75, 3.05) is 31.1 Å². The third-order valence-corrected chi connectivity index (χ3v) is 6.91. The number of piperazine rings is 1. The van der Waals surface area contributed by atoms with E-state index < -0.39 is 23.5 Å². The maximum Gasteiger partial charge on any atom is 0.416 e. The minimum absolute atomic E-state index is 0.00476. The number of aromatic nitrogens is 2. The molecule has 0 aliphatic carbocycles. The van der Waals surface area contributed by atoms with E-state index in [1.54, 1.807) is 58.1 Å². The van der Waals surface area contributed by atoms with Gasteiger partial charge < -0.3 is 14.2 Å². The number of halogens is 5. The predicted octanol–water partition coefficient (Wildman–Crippen LogP) is 6.02. The molecule has 5 rings (SSSR count). The Labute approximate surface area is 215 Å². The van der Waals surface area contributed by atoms with E-state index in [0.717, 1.165) is 12.1 Å². The van der Waals surface area contributed by atoms with Crippen molar-refractivity contribution in [1.82, 2.24) is 14.3 Å². The molecule has 3 heterocycles. The van der Waals surface area contributed by atoms with Gasteiger partial charge in [0.15, 0.2) is 0 Å². The maximum atomic E-state index is 14.9. The number of hydrogen-bond acceptors (Lipinski definition) is 3. The van der Waals surface area contributed by atoms with Crippen LogP contribution in [0.3, 0.4) is 0 Å². The monoisotopic (exact) mass is 530 g/mol. The van der Waals surface area contributed by atoms with Crippen molar-refractivity contribution in [1.29, 1.82) is 0 Å². The van der Waals surface area contributed by atoms with Crippen molar-refractivity contribution < 1.29 is 22.4 Å². The van der Waals surface area contributed by atoms with Crippen LogP contribution in [0, 0.1) is 5.82 Å². The molecule has 0 bridgehead atoms. The van der Waals surface area contributed by atoms with Crippen molar-refractivity contribution >= 4 is 28.8 Å². The van der Waals surface area contributed by atoms with Gasteiger partial charge in [-0.15, -0.1) is 0 Å². The van der Waals surface area contributed by atoms with Gasteiger partial charge in [0.2, 0.25) is 5.91 Å². The molecule has 5 nitrogen and oxygen atoms in total. The van der Waals surface area contributed by atoms with Gasteiger partial charge in [0, 0.05) is 56.6 Å². The van der Waals surface area contributed by atoms with Crippen LogP contribution in [0.5, 0.6) is 0 Å². The molecule has 1 fully saturated rings. The average Bonchev–Trinajstić information content (AvgIpc) is 3.30. The quantitative estimate of drug-likeness (QED) is 0.296. The van der Waals surface area contributed by atoms with E-state index in [2.05, 4.69) is 4.98 Å². The van der Waals surface area contributed by atoms with Crippen LogP contribution < -0.4 is 4.90 Å². The van der Waals surface area contributed by atoms with Crippen LogP contribution in [0.15, 0.2) is 73.1 Å². The minimum atomic E-state index is -4.42. The third-order valence-electron chi connectivity index (χ3n) is 6.69. The highest BCUT2D eigenvalue weighted by atomic mass is 35.5. The molecule has 37 heavy (non-hydrogen) atoms. The lowest BCUT2D eigenvalue weighted by Gasteiger charge is -2.37. The summed E-state index contributed by atoms with van der Waals surface area (Å²) in [6.45, 7) is 1.47. The molecule has 1 amide bonds. The fraction of sp³-hybridized carbons (Fsp3) is 0.259. The summed E-state index contributed by atoms with van der Waals surface area (Å²) >= 11 is 6.19. The zero-order valence-corrected chi connectivity index (χ0v) is 20.4. The standard InChI is InChI=1S/C27H23ClF4N4O/c28-19-8-9-25-33-16-24(36(25)17-19)22(21-6-1-2-7-23(21)29)15-26(37)35-12-10-34(11-13-35)20-5-3-4-18(14-20)27(30,31)32/h1-9,14,16-17,22H,10-13,15H2/t22-/m1/s1. The van der Waals surface area contributed by atoms with E-state index >= 15 is 0 Å². The van der Waals surface area contributed by atoms with Crippen LogP contribution >= 0.6 is 11.6 Å². The van der Waals surface area contributed by atoms with Crippen molar-refractivity contribution in [2.45, 2.75) is 18.5 Å². The van der Waals surface area contributed by atoms with Gasteiger partial charge in [0.05, 0.1) is 16.3 Å². The molecule has 2 aromatic carbocycles. The summed E-state index contributed by atoms with van der Waals surface area (Å²) in [5.41, 5.74) is 1.40. The van der Waals surface area contributed by atoms with E-state index in [-0.39, 0.29) is 12.3 Å². The number of alkyl halides is 3. The Morgan fingerprint density at radius 1 is 1.00 bits per heavy atom. The Morgan fingerprint density at radius 2 is 1.76 bits per heavy atom. The van der Waals surface area contributed by atoms with Gasteiger partial charge in [-0.05, 0) is 42.0 Å². The lowest BCUT2D eigenvalue weighted by Crippen LogP contribution is -2.49. The molecule has 192 valence electrons. The molecule has 2 aromatic heterocycles. The molecule has 0 unspecified atom stereocenters. The fourth-order valence-electron chi connectivity index (χ4n) is 4.76. The summed E-state index contributed by atoms with van der Waals surface area (Å²) in [5.74, 6) is -1.20. The smallest absolute Gasteiger partial charge is 0.368 e. The number of pyridine rings is 1. The molecule has 0 N–H and O–H groups in total. The molecule has 4 aromatic rings. The summed E-state index contributed by atoms with van der Waals surface area (Å²) < 4.78 is 56.0. The molecular weight excluding hydrogens is 508 g/mol. The van der Waals surface area contributed by atoms with E-state index in [4.69, 9.17) is 11.6 Å². The fourth-order valence-corrected chi connectivity index (χ4v) is 4.92. The highest BCUT2D eigenvalue weighted by molar-refractivity contribution is 6.30. The number of hydrogen-bond donors (Lipinski definition) is 0. The number of anilines is 1.